The Morgan fingerprint density at radius 2 is 0.830 bits per heavy atom. The number of nitrogens with zero attached hydrogens (tertiary/aromatic N) is 1. The SMILES string of the molecule is C(=P([N-]c1ccccc1)(c1ccccc1)c1ccccc1)P(=[NH+]c1ccccc1)(c1ccccc1)c1ccccc1.CCOCC.[Li+]. The third-order valence-corrected chi connectivity index (χ3v) is 15.8. The Labute approximate surface area is 293 Å². The number of ether oxygens (including phenoxy) is 1. The molecule has 0 bridgehead atoms. The van der Waals surface area contributed by atoms with E-state index in [1.54, 1.807) is 0 Å². The van der Waals surface area contributed by atoms with E-state index < -0.39 is 14.1 Å². The van der Waals surface area contributed by atoms with Crippen LogP contribution in [0.5, 0.6) is 0 Å². The Balaban J connectivity index is 0.000000776. The molecule has 0 heterocycles. The second kappa shape index (κ2) is 18.5. The molecule has 0 spiro atoms. The summed E-state index contributed by atoms with van der Waals surface area (Å²) < 4.78 is 8.96. The molecular weight excluding hydrogens is 605 g/mol. The van der Waals surface area contributed by atoms with Crippen molar-refractivity contribution in [3.63, 3.8) is 0 Å². The van der Waals surface area contributed by atoms with Gasteiger partial charge in [-0.2, -0.15) is 0 Å². The van der Waals surface area contributed by atoms with E-state index in [0.29, 0.717) is 0 Å². The van der Waals surface area contributed by atoms with E-state index >= 15 is 0 Å². The van der Waals surface area contributed by atoms with Gasteiger partial charge in [0.05, 0.1) is 0 Å². The molecule has 6 heteroatoms. The first-order chi connectivity index (χ1) is 22.7. The molecule has 0 aliphatic carbocycles. The average molecular weight is 648 g/mol. The van der Waals surface area contributed by atoms with Gasteiger partial charge in [0.25, 0.3) is 0 Å². The molecular formula is C41H42LiN2OP2+. The van der Waals surface area contributed by atoms with Gasteiger partial charge in [-0.15, -0.1) is 12.7 Å². The molecule has 232 valence electrons. The van der Waals surface area contributed by atoms with E-state index in [1.807, 2.05) is 13.8 Å². The van der Waals surface area contributed by atoms with Crippen molar-refractivity contribution in [3.05, 3.63) is 187 Å². The third-order valence-electron chi connectivity index (χ3n) is 7.48. The summed E-state index contributed by atoms with van der Waals surface area (Å²) in [5.41, 5.74) is 4.68. The molecule has 0 atom stereocenters. The third kappa shape index (κ3) is 9.18. The van der Waals surface area contributed by atoms with E-state index in [0.717, 1.165) is 24.6 Å². The van der Waals surface area contributed by atoms with Gasteiger partial charge in [0.15, 0.2) is 12.7 Å². The van der Waals surface area contributed by atoms with Crippen LogP contribution in [0.1, 0.15) is 13.8 Å². The molecule has 6 aromatic carbocycles. The Morgan fingerprint density at radius 1 is 0.489 bits per heavy atom. The van der Waals surface area contributed by atoms with E-state index in [-0.39, 0.29) is 18.9 Å². The maximum absolute atomic E-state index is 5.75. The zero-order valence-corrected chi connectivity index (χ0v) is 29.4. The second-order valence-corrected chi connectivity index (χ2v) is 16.8. The standard InChI is InChI=1S/C37H31N2P2.C4H10O.Li/c1-7-19-32(20-8-1)38-40(34-23-11-3-12-24-34,35-25-13-4-14-26-35)31-41(36-27-15-5-16-28-36,37-29-17-6-18-30-37)39-33-21-9-2-10-22-33;1-3-5-4-2;/h1-31H;3-4H2,1-2H3;/q-1;;+1/p+1. The predicted molar refractivity (Wildman–Crippen MR) is 203 cm³/mol. The molecule has 0 aromatic heterocycles. The molecule has 0 aliphatic heterocycles. The summed E-state index contributed by atoms with van der Waals surface area (Å²) in [6.45, 7) is 5.67. The zero-order valence-electron chi connectivity index (χ0n) is 27.6. The summed E-state index contributed by atoms with van der Waals surface area (Å²) in [5, 5.41) is 10.7. The smallest absolute Gasteiger partial charge is 0.652 e. The van der Waals surface area contributed by atoms with Crippen LogP contribution < -0.4 is 44.8 Å². The molecule has 0 aliphatic rings. The molecule has 6 rings (SSSR count). The zero-order chi connectivity index (χ0) is 31.9. The van der Waals surface area contributed by atoms with E-state index in [9.17, 15) is 0 Å². The molecule has 6 aromatic rings. The Morgan fingerprint density at radius 3 is 1.19 bits per heavy atom. The van der Waals surface area contributed by atoms with E-state index in [4.69, 9.17) is 9.82 Å². The first-order valence-electron chi connectivity index (χ1n) is 15.8. The molecule has 0 saturated carbocycles. The monoisotopic (exact) mass is 647 g/mol. The summed E-state index contributed by atoms with van der Waals surface area (Å²) in [5.74, 6) is 0. The number of benzene rings is 6. The molecule has 0 amide bonds. The number of hydrogen-bond acceptors (Lipinski definition) is 1. The van der Waals surface area contributed by atoms with Crippen molar-refractivity contribution < 1.29 is 28.3 Å². The molecule has 0 unspecified atom stereocenters. The van der Waals surface area contributed by atoms with Gasteiger partial charge in [-0.25, -0.2) is 4.74 Å². The maximum Gasteiger partial charge on any atom is 1.00 e. The van der Waals surface area contributed by atoms with E-state index in [1.165, 1.54) is 21.2 Å². The molecule has 47 heavy (non-hydrogen) atoms. The largest absolute Gasteiger partial charge is 1.00 e. The van der Waals surface area contributed by atoms with Gasteiger partial charge in [-0.3, -0.25) is 0 Å². The molecule has 1 N–H and O–H groups in total. The van der Waals surface area contributed by atoms with Crippen molar-refractivity contribution in [3.8, 4) is 0 Å². The van der Waals surface area contributed by atoms with Crippen molar-refractivity contribution in [2.75, 3.05) is 13.2 Å². The molecule has 0 radical (unpaired) electrons. The Hall–Kier alpha value is -3.79. The fourth-order valence-corrected chi connectivity index (χ4v) is 14.6. The van der Waals surface area contributed by atoms with Crippen LogP contribution in [-0.2, 0) is 4.74 Å². The van der Waals surface area contributed by atoms with Crippen molar-refractivity contribution in [2.24, 2.45) is 0 Å². The summed E-state index contributed by atoms with van der Waals surface area (Å²) in [6, 6.07) is 64.5. The van der Waals surface area contributed by atoms with Gasteiger partial charge in [0.2, 0.25) is 0 Å². The van der Waals surface area contributed by atoms with Crippen LogP contribution in [0, 0.1) is 0 Å². The fourth-order valence-electron chi connectivity index (χ4n) is 5.35. The van der Waals surface area contributed by atoms with Gasteiger partial charge in [0.1, 0.15) is 0 Å². The number of hydrogen-bond donors (Lipinski definition) is 1. The quantitative estimate of drug-likeness (QED) is 0.158. The van der Waals surface area contributed by atoms with Crippen molar-refractivity contribution >= 4 is 52.2 Å². The minimum atomic E-state index is -2.53. The van der Waals surface area contributed by atoms with Gasteiger partial charge < -0.3 is 9.82 Å². The van der Waals surface area contributed by atoms with Crippen molar-refractivity contribution in [1.29, 1.82) is 0 Å². The first-order valence-corrected chi connectivity index (χ1v) is 19.4. The van der Waals surface area contributed by atoms with Crippen molar-refractivity contribution in [1.82, 2.24) is 0 Å². The summed E-state index contributed by atoms with van der Waals surface area (Å²) in [4.78, 5) is 0. The second-order valence-electron chi connectivity index (χ2n) is 10.6. The predicted octanol–water partition coefficient (Wildman–Crippen LogP) is 5.35. The van der Waals surface area contributed by atoms with Gasteiger partial charge >= 0.3 is 18.9 Å². The van der Waals surface area contributed by atoms with Crippen molar-refractivity contribution in [2.45, 2.75) is 13.8 Å². The fraction of sp³-hybridized carbons (Fsp3) is 0.0976. The minimum absolute atomic E-state index is 0. The van der Waals surface area contributed by atoms with Crippen LogP contribution in [0.2, 0.25) is 0 Å². The van der Waals surface area contributed by atoms with Gasteiger partial charge in [-0.1, -0.05) is 146 Å². The van der Waals surface area contributed by atoms with Gasteiger partial charge in [0, 0.05) is 36.0 Å². The van der Waals surface area contributed by atoms with Crippen LogP contribution in [0.4, 0.5) is 11.4 Å². The topological polar surface area (TPSA) is 37.3 Å². The number of rotatable bonds is 10. The molecule has 0 saturated heterocycles. The maximum atomic E-state index is 5.75. The number of nitrogens with one attached hydrogen (secondary N) is 1. The average Bonchev–Trinajstić information content (AvgIpc) is 3.14. The normalized spacial score (nSPS) is 10.9. The molecule has 3 nitrogen and oxygen atoms in total. The minimum Gasteiger partial charge on any atom is -0.652 e. The summed E-state index contributed by atoms with van der Waals surface area (Å²) >= 11 is 0. The van der Waals surface area contributed by atoms with Crippen LogP contribution >= 0.6 is 14.1 Å². The Kier molecular flexibility index (Phi) is 14.2. The van der Waals surface area contributed by atoms with Crippen LogP contribution in [0.25, 0.3) is 5.09 Å². The van der Waals surface area contributed by atoms with Gasteiger partial charge in [-0.05, 0) is 54.3 Å². The first kappa shape index (κ1) is 36.1. The van der Waals surface area contributed by atoms with Crippen LogP contribution in [-0.4, -0.2) is 18.8 Å². The summed E-state index contributed by atoms with van der Waals surface area (Å²) in [6.07, 6.45) is 0. The van der Waals surface area contributed by atoms with E-state index in [2.05, 4.69) is 192 Å². The number of para-hydroxylation sites is 1. The Bertz CT molecular complexity index is 1770. The molecule has 0 fully saturated rings. The summed E-state index contributed by atoms with van der Waals surface area (Å²) in [7, 11) is -4.96. The van der Waals surface area contributed by atoms with Crippen LogP contribution in [0.15, 0.2) is 182 Å². The van der Waals surface area contributed by atoms with Crippen LogP contribution in [0.3, 0.4) is 0 Å².